The van der Waals surface area contributed by atoms with Crippen molar-refractivity contribution in [2.24, 2.45) is 0 Å². The highest BCUT2D eigenvalue weighted by Crippen LogP contribution is 2.25. The van der Waals surface area contributed by atoms with E-state index in [4.69, 9.17) is 0 Å². The predicted octanol–water partition coefficient (Wildman–Crippen LogP) is 2.42. The minimum Gasteiger partial charge on any atom is -0.352 e. The molecule has 0 aliphatic heterocycles. The lowest BCUT2D eigenvalue weighted by Gasteiger charge is -2.13. The van der Waals surface area contributed by atoms with Gasteiger partial charge < -0.3 is 5.32 Å². The second-order valence-corrected chi connectivity index (χ2v) is 8.64. The molecule has 0 radical (unpaired) electrons. The van der Waals surface area contributed by atoms with E-state index in [0.717, 1.165) is 16.6 Å². The Hall–Kier alpha value is -2.39. The number of carbonyl (C=O) groups is 1. The lowest BCUT2D eigenvalue weighted by atomic mass is 10.1. The average Bonchev–Trinajstić information content (AvgIpc) is 3.10. The van der Waals surface area contributed by atoms with Gasteiger partial charge in [0.25, 0.3) is 5.56 Å². The SMILES string of the molecule is CCc1ccc(-n2c(=O)c3sc(SC)nc3n(CC(=O)NC(C)C)c2=O)cc1. The largest absolute Gasteiger partial charge is 0.352 e. The zero-order chi connectivity index (χ0) is 20.4. The van der Waals surface area contributed by atoms with Crippen molar-refractivity contribution in [3.8, 4) is 5.69 Å². The summed E-state index contributed by atoms with van der Waals surface area (Å²) in [6.45, 7) is 5.54. The fourth-order valence-corrected chi connectivity index (χ4v) is 4.36. The Morgan fingerprint density at radius 2 is 1.93 bits per heavy atom. The van der Waals surface area contributed by atoms with Crippen molar-refractivity contribution in [1.82, 2.24) is 19.4 Å². The summed E-state index contributed by atoms with van der Waals surface area (Å²) < 4.78 is 3.43. The van der Waals surface area contributed by atoms with Crippen molar-refractivity contribution in [2.75, 3.05) is 6.26 Å². The fourth-order valence-electron chi connectivity index (χ4n) is 2.86. The number of nitrogens with zero attached hydrogens (tertiary/aromatic N) is 3. The van der Waals surface area contributed by atoms with Gasteiger partial charge in [-0.15, -0.1) is 11.3 Å². The van der Waals surface area contributed by atoms with Crippen molar-refractivity contribution >= 4 is 39.4 Å². The highest BCUT2D eigenvalue weighted by molar-refractivity contribution is 8.00. The summed E-state index contributed by atoms with van der Waals surface area (Å²) in [4.78, 5) is 43.0. The minimum atomic E-state index is -0.571. The van der Waals surface area contributed by atoms with Gasteiger partial charge in [-0.2, -0.15) is 0 Å². The van der Waals surface area contributed by atoms with Crippen molar-refractivity contribution in [3.63, 3.8) is 0 Å². The number of nitrogens with one attached hydrogen (secondary N) is 1. The molecule has 0 spiro atoms. The Bertz CT molecular complexity index is 1130. The molecule has 0 unspecified atom stereocenters. The van der Waals surface area contributed by atoms with Crippen LogP contribution < -0.4 is 16.6 Å². The molecule has 7 nitrogen and oxygen atoms in total. The number of carbonyl (C=O) groups excluding carboxylic acids is 1. The molecule has 0 bridgehead atoms. The van der Waals surface area contributed by atoms with E-state index in [-0.39, 0.29) is 24.1 Å². The minimum absolute atomic E-state index is 0.0524. The van der Waals surface area contributed by atoms with Crippen LogP contribution in [-0.4, -0.2) is 32.3 Å². The third-order valence-corrected chi connectivity index (χ3v) is 6.21. The van der Waals surface area contributed by atoms with Crippen LogP contribution in [0.25, 0.3) is 16.0 Å². The predicted molar refractivity (Wildman–Crippen MR) is 114 cm³/mol. The summed E-state index contributed by atoms with van der Waals surface area (Å²) in [5.74, 6) is -0.302. The van der Waals surface area contributed by atoms with Crippen molar-refractivity contribution < 1.29 is 4.79 Å². The quantitative estimate of drug-likeness (QED) is 0.622. The first-order valence-corrected chi connectivity index (χ1v) is 11.0. The maximum Gasteiger partial charge on any atom is 0.337 e. The number of aromatic nitrogens is 3. The first kappa shape index (κ1) is 20.3. The van der Waals surface area contributed by atoms with Gasteiger partial charge in [-0.1, -0.05) is 30.8 Å². The van der Waals surface area contributed by atoms with Crippen molar-refractivity contribution in [2.45, 2.75) is 44.1 Å². The van der Waals surface area contributed by atoms with E-state index in [2.05, 4.69) is 10.3 Å². The second kappa shape index (κ2) is 8.32. The second-order valence-electron chi connectivity index (χ2n) is 6.59. The molecule has 0 saturated heterocycles. The summed E-state index contributed by atoms with van der Waals surface area (Å²) in [7, 11) is 0. The van der Waals surface area contributed by atoms with Crippen LogP contribution in [-0.2, 0) is 17.8 Å². The molecule has 1 amide bonds. The van der Waals surface area contributed by atoms with Crippen LogP contribution in [0.3, 0.4) is 0 Å². The Kier molecular flexibility index (Phi) is 6.04. The molecule has 1 N–H and O–H groups in total. The first-order valence-electron chi connectivity index (χ1n) is 8.94. The van der Waals surface area contributed by atoms with E-state index in [1.54, 1.807) is 12.1 Å². The van der Waals surface area contributed by atoms with Gasteiger partial charge in [0.05, 0.1) is 5.69 Å². The average molecular weight is 419 g/mol. The molecule has 1 aromatic carbocycles. The molecule has 3 rings (SSSR count). The van der Waals surface area contributed by atoms with Crippen molar-refractivity contribution in [3.05, 3.63) is 50.7 Å². The Morgan fingerprint density at radius 1 is 1.25 bits per heavy atom. The summed E-state index contributed by atoms with van der Waals surface area (Å²) in [6.07, 6.45) is 2.72. The van der Waals surface area contributed by atoms with Gasteiger partial charge in [-0.3, -0.25) is 14.2 Å². The third-order valence-electron chi connectivity index (χ3n) is 4.19. The van der Waals surface area contributed by atoms with Crippen LogP contribution >= 0.6 is 23.1 Å². The topological polar surface area (TPSA) is 86.0 Å². The lowest BCUT2D eigenvalue weighted by Crippen LogP contribution is -2.42. The number of hydrogen-bond acceptors (Lipinski definition) is 6. The molecular formula is C19H22N4O3S2. The van der Waals surface area contributed by atoms with Gasteiger partial charge in [-0.05, 0) is 44.2 Å². The Labute approximate surface area is 170 Å². The van der Waals surface area contributed by atoms with E-state index < -0.39 is 11.2 Å². The van der Waals surface area contributed by atoms with Crippen LogP contribution in [0.1, 0.15) is 26.3 Å². The van der Waals surface area contributed by atoms with Gasteiger partial charge >= 0.3 is 5.69 Å². The normalized spacial score (nSPS) is 11.3. The Balaban J connectivity index is 2.25. The van der Waals surface area contributed by atoms with Crippen LogP contribution in [0.4, 0.5) is 0 Å². The summed E-state index contributed by atoms with van der Waals surface area (Å²) in [6, 6.07) is 7.23. The van der Waals surface area contributed by atoms with Crippen molar-refractivity contribution in [1.29, 1.82) is 0 Å². The van der Waals surface area contributed by atoms with Crippen LogP contribution in [0.2, 0.25) is 0 Å². The van der Waals surface area contributed by atoms with Crippen LogP contribution in [0.15, 0.2) is 38.2 Å². The summed E-state index contributed by atoms with van der Waals surface area (Å²) >= 11 is 2.63. The monoisotopic (exact) mass is 418 g/mol. The molecule has 0 atom stereocenters. The highest BCUT2D eigenvalue weighted by Gasteiger charge is 2.20. The number of hydrogen-bond donors (Lipinski definition) is 1. The number of amides is 1. The fraction of sp³-hybridized carbons (Fsp3) is 0.368. The molecule has 2 heterocycles. The summed E-state index contributed by atoms with van der Waals surface area (Å²) in [5, 5.41) is 2.78. The maximum atomic E-state index is 13.2. The number of rotatable bonds is 6. The van der Waals surface area contributed by atoms with Gasteiger partial charge in [-0.25, -0.2) is 14.3 Å². The standard InChI is InChI=1S/C19H22N4O3S2/c1-5-12-6-8-13(9-7-12)23-17(25)15-16(21-18(27-4)28-15)22(19(23)26)10-14(24)20-11(2)3/h6-9,11H,5,10H2,1-4H3,(H,20,24). The highest BCUT2D eigenvalue weighted by atomic mass is 32.2. The molecule has 0 aliphatic carbocycles. The lowest BCUT2D eigenvalue weighted by molar-refractivity contribution is -0.122. The van der Waals surface area contributed by atoms with Gasteiger partial charge in [0, 0.05) is 6.04 Å². The molecule has 2 aromatic heterocycles. The molecule has 0 fully saturated rings. The van der Waals surface area contributed by atoms with Crippen LogP contribution in [0, 0.1) is 0 Å². The first-order chi connectivity index (χ1) is 13.3. The molecular weight excluding hydrogens is 396 g/mol. The molecule has 0 saturated carbocycles. The van der Waals surface area contributed by atoms with Gasteiger partial charge in [0.15, 0.2) is 9.99 Å². The number of thioether (sulfide) groups is 1. The van der Waals surface area contributed by atoms with Gasteiger partial charge in [0.1, 0.15) is 11.2 Å². The number of fused-ring (bicyclic) bond motifs is 1. The van der Waals surface area contributed by atoms with Gasteiger partial charge in [0.2, 0.25) is 5.91 Å². The maximum absolute atomic E-state index is 13.2. The molecule has 9 heteroatoms. The zero-order valence-corrected chi connectivity index (χ0v) is 17.8. The smallest absolute Gasteiger partial charge is 0.337 e. The van der Waals surface area contributed by atoms with E-state index in [9.17, 15) is 14.4 Å². The van der Waals surface area contributed by atoms with Crippen LogP contribution in [0.5, 0.6) is 0 Å². The molecule has 3 aromatic rings. The van der Waals surface area contributed by atoms with E-state index >= 15 is 0 Å². The molecule has 148 valence electrons. The third kappa shape index (κ3) is 3.90. The number of thiazole rings is 1. The molecule has 0 aliphatic rings. The van der Waals surface area contributed by atoms with E-state index in [1.807, 2.05) is 39.2 Å². The molecule has 28 heavy (non-hydrogen) atoms. The number of aryl methyl sites for hydroxylation is 1. The van der Waals surface area contributed by atoms with E-state index in [1.165, 1.54) is 27.7 Å². The summed E-state index contributed by atoms with van der Waals surface area (Å²) in [5.41, 5.74) is 0.856. The van der Waals surface area contributed by atoms with E-state index in [0.29, 0.717) is 14.7 Å². The number of benzene rings is 1. The Morgan fingerprint density at radius 3 is 2.50 bits per heavy atom. The zero-order valence-electron chi connectivity index (χ0n) is 16.2.